The van der Waals surface area contributed by atoms with Crippen molar-refractivity contribution in [2.75, 3.05) is 0 Å². The molecule has 0 spiro atoms. The zero-order chi connectivity index (χ0) is 15.2. The minimum atomic E-state index is 0.718. The van der Waals surface area contributed by atoms with Gasteiger partial charge in [-0.25, -0.2) is 0 Å². The molecule has 0 aromatic heterocycles. The Morgan fingerprint density at radius 3 is 2.05 bits per heavy atom. The van der Waals surface area contributed by atoms with Crippen molar-refractivity contribution >= 4 is 5.71 Å². The molecule has 0 aliphatic heterocycles. The molecule has 0 saturated heterocycles. The normalized spacial score (nSPS) is 11.4. The molecule has 0 radical (unpaired) electrons. The van der Waals surface area contributed by atoms with Crippen LogP contribution in [0.25, 0.3) is 11.1 Å². The van der Waals surface area contributed by atoms with E-state index in [0.717, 1.165) is 12.3 Å². The number of nitrogens with zero attached hydrogens (tertiary/aromatic N) is 1. The van der Waals surface area contributed by atoms with Crippen LogP contribution in [0.15, 0.2) is 89.9 Å². The molecule has 0 atom stereocenters. The Morgan fingerprint density at radius 2 is 1.32 bits per heavy atom. The highest BCUT2D eigenvalue weighted by atomic mass is 14.7. The van der Waals surface area contributed by atoms with Crippen molar-refractivity contribution < 1.29 is 0 Å². The summed E-state index contributed by atoms with van der Waals surface area (Å²) in [7, 11) is 0. The van der Waals surface area contributed by atoms with Crippen LogP contribution < -0.4 is 0 Å². The number of hydrogen-bond donors (Lipinski definition) is 0. The van der Waals surface area contributed by atoms with Gasteiger partial charge in [-0.05, 0) is 23.6 Å². The quantitative estimate of drug-likeness (QED) is 0.572. The highest BCUT2D eigenvalue weighted by Crippen LogP contribution is 2.24. The first-order chi connectivity index (χ1) is 10.8. The molecule has 22 heavy (non-hydrogen) atoms. The molecule has 0 aliphatic rings. The maximum absolute atomic E-state index is 4.77. The zero-order valence-electron chi connectivity index (χ0n) is 12.7. The van der Waals surface area contributed by atoms with E-state index in [9.17, 15) is 0 Å². The smallest absolute Gasteiger partial charge is 0.0643 e. The van der Waals surface area contributed by atoms with Gasteiger partial charge in [0.25, 0.3) is 0 Å². The molecule has 108 valence electrons. The second kappa shape index (κ2) is 6.86. The van der Waals surface area contributed by atoms with Crippen molar-refractivity contribution in [3.05, 3.63) is 96.1 Å². The average Bonchev–Trinajstić information content (AvgIpc) is 2.61. The van der Waals surface area contributed by atoms with E-state index in [4.69, 9.17) is 4.99 Å². The molecule has 0 saturated carbocycles. The lowest BCUT2D eigenvalue weighted by molar-refractivity contribution is 1.06. The summed E-state index contributed by atoms with van der Waals surface area (Å²) in [6.45, 7) is 2.81. The molecule has 3 aromatic rings. The van der Waals surface area contributed by atoms with E-state index >= 15 is 0 Å². The molecule has 1 nitrogen and oxygen atoms in total. The van der Waals surface area contributed by atoms with Crippen LogP contribution in [0.1, 0.15) is 18.1 Å². The van der Waals surface area contributed by atoms with E-state index in [2.05, 4.69) is 79.7 Å². The van der Waals surface area contributed by atoms with Crippen molar-refractivity contribution in [3.63, 3.8) is 0 Å². The lowest BCUT2D eigenvalue weighted by Crippen LogP contribution is -1.99. The maximum atomic E-state index is 4.77. The van der Waals surface area contributed by atoms with Gasteiger partial charge in [-0.15, -0.1) is 0 Å². The standard InChI is InChI=1S/C21H19N/c1-17(22-16-18-10-4-2-5-11-18)20-14-8-9-15-21(20)19-12-6-3-7-13-19/h2-15H,16H2,1H3. The third-order valence-electron chi connectivity index (χ3n) is 3.74. The van der Waals surface area contributed by atoms with Crippen molar-refractivity contribution in [1.82, 2.24) is 0 Å². The Labute approximate surface area is 132 Å². The van der Waals surface area contributed by atoms with Crippen molar-refractivity contribution in [2.45, 2.75) is 13.5 Å². The summed E-state index contributed by atoms with van der Waals surface area (Å²) in [5.74, 6) is 0. The van der Waals surface area contributed by atoms with Crippen molar-refractivity contribution in [3.8, 4) is 11.1 Å². The summed E-state index contributed by atoms with van der Waals surface area (Å²) >= 11 is 0. The highest BCUT2D eigenvalue weighted by Gasteiger charge is 2.06. The van der Waals surface area contributed by atoms with Crippen molar-refractivity contribution in [1.29, 1.82) is 0 Å². The molecule has 3 rings (SSSR count). The second-order valence-corrected chi connectivity index (χ2v) is 5.30. The van der Waals surface area contributed by atoms with Gasteiger partial charge in [-0.2, -0.15) is 0 Å². The molecule has 0 amide bonds. The Bertz CT molecular complexity index is 758. The van der Waals surface area contributed by atoms with Gasteiger partial charge in [0, 0.05) is 11.3 Å². The second-order valence-electron chi connectivity index (χ2n) is 5.30. The molecule has 0 heterocycles. The van der Waals surface area contributed by atoms with E-state index in [1.165, 1.54) is 22.3 Å². The fourth-order valence-corrected chi connectivity index (χ4v) is 2.55. The topological polar surface area (TPSA) is 12.4 Å². The Kier molecular flexibility index (Phi) is 4.45. The first-order valence-electron chi connectivity index (χ1n) is 7.54. The van der Waals surface area contributed by atoms with Gasteiger partial charge in [0.2, 0.25) is 0 Å². The summed E-state index contributed by atoms with van der Waals surface area (Å²) in [5.41, 5.74) is 5.97. The number of aliphatic imine (C=N–C) groups is 1. The van der Waals surface area contributed by atoms with Gasteiger partial charge in [0.1, 0.15) is 0 Å². The molecule has 1 heteroatoms. The van der Waals surface area contributed by atoms with Crippen LogP contribution in [-0.2, 0) is 6.54 Å². The molecule has 3 aromatic carbocycles. The molecule has 0 unspecified atom stereocenters. The number of rotatable bonds is 4. The monoisotopic (exact) mass is 285 g/mol. The zero-order valence-corrected chi connectivity index (χ0v) is 12.7. The predicted octanol–water partition coefficient (Wildman–Crippen LogP) is 5.36. The van der Waals surface area contributed by atoms with Crippen LogP contribution in [-0.4, -0.2) is 5.71 Å². The van der Waals surface area contributed by atoms with E-state index in [1.54, 1.807) is 0 Å². The van der Waals surface area contributed by atoms with Crippen LogP contribution in [0.3, 0.4) is 0 Å². The van der Waals surface area contributed by atoms with E-state index in [1.807, 2.05) is 12.1 Å². The number of benzene rings is 3. The summed E-state index contributed by atoms with van der Waals surface area (Å²) in [5, 5.41) is 0. The van der Waals surface area contributed by atoms with Gasteiger partial charge in [0.15, 0.2) is 0 Å². The van der Waals surface area contributed by atoms with Gasteiger partial charge in [0.05, 0.1) is 6.54 Å². The van der Waals surface area contributed by atoms with Crippen LogP contribution in [0.5, 0.6) is 0 Å². The fourth-order valence-electron chi connectivity index (χ4n) is 2.55. The van der Waals surface area contributed by atoms with Crippen LogP contribution in [0.4, 0.5) is 0 Å². The van der Waals surface area contributed by atoms with Gasteiger partial charge in [-0.3, -0.25) is 4.99 Å². The summed E-state index contributed by atoms with van der Waals surface area (Å²) in [4.78, 5) is 4.77. The molecule has 0 bridgehead atoms. The predicted molar refractivity (Wildman–Crippen MR) is 94.2 cm³/mol. The lowest BCUT2D eigenvalue weighted by Gasteiger charge is -2.10. The van der Waals surface area contributed by atoms with Crippen LogP contribution in [0.2, 0.25) is 0 Å². The summed E-state index contributed by atoms with van der Waals surface area (Å²) in [6, 6.07) is 29.3. The third kappa shape index (κ3) is 3.32. The number of hydrogen-bond acceptors (Lipinski definition) is 1. The van der Waals surface area contributed by atoms with Crippen LogP contribution >= 0.6 is 0 Å². The van der Waals surface area contributed by atoms with Crippen molar-refractivity contribution in [2.24, 2.45) is 4.99 Å². The molecule has 0 fully saturated rings. The van der Waals surface area contributed by atoms with Gasteiger partial charge >= 0.3 is 0 Å². The minimum Gasteiger partial charge on any atom is -0.285 e. The molecular formula is C21H19N. The Balaban J connectivity index is 1.91. The summed E-state index contributed by atoms with van der Waals surface area (Å²) < 4.78 is 0. The Morgan fingerprint density at radius 1 is 0.727 bits per heavy atom. The third-order valence-corrected chi connectivity index (χ3v) is 3.74. The molecule has 0 aliphatic carbocycles. The highest BCUT2D eigenvalue weighted by molar-refractivity contribution is 6.04. The van der Waals surface area contributed by atoms with Crippen LogP contribution in [0, 0.1) is 0 Å². The van der Waals surface area contributed by atoms with E-state index < -0.39 is 0 Å². The van der Waals surface area contributed by atoms with E-state index in [0.29, 0.717) is 0 Å². The molecular weight excluding hydrogens is 266 g/mol. The first-order valence-corrected chi connectivity index (χ1v) is 7.54. The fraction of sp³-hybridized carbons (Fsp3) is 0.0952. The minimum absolute atomic E-state index is 0.718. The first kappa shape index (κ1) is 14.3. The lowest BCUT2D eigenvalue weighted by atomic mass is 9.97. The van der Waals surface area contributed by atoms with E-state index in [-0.39, 0.29) is 0 Å². The SMILES string of the molecule is CC(=NCc1ccccc1)c1ccccc1-c1ccccc1. The average molecular weight is 285 g/mol. The Hall–Kier alpha value is -2.67. The maximum Gasteiger partial charge on any atom is 0.0643 e. The summed E-state index contributed by atoms with van der Waals surface area (Å²) in [6.07, 6.45) is 0. The molecule has 0 N–H and O–H groups in total. The van der Waals surface area contributed by atoms with Gasteiger partial charge < -0.3 is 0 Å². The van der Waals surface area contributed by atoms with Gasteiger partial charge in [-0.1, -0.05) is 84.9 Å². The largest absolute Gasteiger partial charge is 0.285 e.